The van der Waals surface area contributed by atoms with Crippen LogP contribution in [-0.2, 0) is 0 Å². The van der Waals surface area contributed by atoms with Gasteiger partial charge in [0.1, 0.15) is 0 Å². The van der Waals surface area contributed by atoms with Crippen molar-refractivity contribution in [1.82, 2.24) is 15.3 Å². The number of aliphatic imine (C=N–C) groups is 1. The van der Waals surface area contributed by atoms with Crippen molar-refractivity contribution in [2.24, 2.45) is 4.99 Å². The number of thiazole rings is 1. The zero-order chi connectivity index (χ0) is 11.7. The summed E-state index contributed by atoms with van der Waals surface area (Å²) in [7, 11) is 0. The number of rotatable bonds is 2. The topological polar surface area (TPSA) is 65.1 Å². The van der Waals surface area contributed by atoms with Crippen LogP contribution in [0.15, 0.2) is 22.6 Å². The van der Waals surface area contributed by atoms with Crippen LogP contribution in [0.5, 0.6) is 0 Å². The molecule has 2 aromatic heterocycles. The van der Waals surface area contributed by atoms with Gasteiger partial charge >= 0.3 is 0 Å². The van der Waals surface area contributed by atoms with Crippen molar-refractivity contribution in [3.8, 4) is 11.3 Å². The van der Waals surface area contributed by atoms with Gasteiger partial charge in [-0.25, -0.2) is 4.98 Å². The maximum atomic E-state index is 4.52. The minimum atomic E-state index is 0. The molecule has 3 heterocycles. The molecule has 5 nitrogen and oxygen atoms in total. The Hall–Kier alpha value is -1.53. The smallest absolute Gasteiger partial charge is 0.197 e. The van der Waals surface area contributed by atoms with Gasteiger partial charge in [-0.3, -0.25) is 4.99 Å². The molecule has 0 spiro atoms. The Balaban J connectivity index is 0.00000120. The summed E-state index contributed by atoms with van der Waals surface area (Å²) in [6, 6.07) is 2.09. The van der Waals surface area contributed by atoms with Gasteiger partial charge in [0.25, 0.3) is 0 Å². The zero-order valence-electron chi connectivity index (χ0n) is 9.86. The molecule has 1 aliphatic rings. The lowest BCUT2D eigenvalue weighted by Crippen LogP contribution is -2.26. The van der Waals surface area contributed by atoms with E-state index in [-0.39, 0.29) is 12.4 Å². The number of halogens is 1. The van der Waals surface area contributed by atoms with E-state index in [1.807, 2.05) is 18.5 Å². The molecular weight excluding hydrogens is 270 g/mol. The number of nitrogens with zero attached hydrogens (tertiary/aromatic N) is 2. The van der Waals surface area contributed by atoms with E-state index in [9.17, 15) is 0 Å². The molecule has 96 valence electrons. The highest BCUT2D eigenvalue weighted by Gasteiger charge is 2.09. The van der Waals surface area contributed by atoms with Gasteiger partial charge in [-0.2, -0.15) is 0 Å². The number of hydrogen-bond donors (Lipinski definition) is 3. The fourth-order valence-electron chi connectivity index (χ4n) is 1.70. The minimum absolute atomic E-state index is 0. The highest BCUT2D eigenvalue weighted by Crippen LogP contribution is 2.25. The lowest BCUT2D eigenvalue weighted by atomic mass is 10.2. The SMILES string of the molecule is Cc1cc(-c2csc(NC3=NCCN3)n2)c[nH]1.Cl. The van der Waals surface area contributed by atoms with Crippen LogP contribution in [0.25, 0.3) is 11.3 Å². The maximum Gasteiger partial charge on any atom is 0.197 e. The van der Waals surface area contributed by atoms with Gasteiger partial charge in [-0.15, -0.1) is 23.7 Å². The third-order valence-corrected chi connectivity index (χ3v) is 3.28. The third-order valence-electron chi connectivity index (χ3n) is 2.53. The molecule has 2 aromatic rings. The van der Waals surface area contributed by atoms with E-state index in [0.717, 1.165) is 41.1 Å². The Morgan fingerprint density at radius 2 is 2.33 bits per heavy atom. The predicted octanol–water partition coefficient (Wildman–Crippen LogP) is 2.24. The molecule has 0 atom stereocenters. The second-order valence-corrected chi connectivity index (χ2v) is 4.75. The third kappa shape index (κ3) is 2.65. The van der Waals surface area contributed by atoms with E-state index in [2.05, 4.69) is 31.7 Å². The first kappa shape index (κ1) is 12.9. The Bertz CT molecular complexity index is 559. The number of H-pyrrole nitrogens is 1. The molecule has 0 bridgehead atoms. The van der Waals surface area contributed by atoms with Gasteiger partial charge in [0.2, 0.25) is 0 Å². The minimum Gasteiger partial charge on any atom is -0.365 e. The first-order chi connectivity index (χ1) is 8.31. The molecule has 18 heavy (non-hydrogen) atoms. The van der Waals surface area contributed by atoms with Crippen LogP contribution in [0.3, 0.4) is 0 Å². The number of aromatic amines is 1. The van der Waals surface area contributed by atoms with Gasteiger partial charge in [0.15, 0.2) is 11.1 Å². The van der Waals surface area contributed by atoms with Crippen molar-refractivity contribution >= 4 is 34.8 Å². The quantitative estimate of drug-likeness (QED) is 0.792. The number of nitrogens with one attached hydrogen (secondary N) is 3. The van der Waals surface area contributed by atoms with Crippen LogP contribution in [0.4, 0.5) is 5.13 Å². The summed E-state index contributed by atoms with van der Waals surface area (Å²) in [5, 5.41) is 9.24. The van der Waals surface area contributed by atoms with Crippen molar-refractivity contribution < 1.29 is 0 Å². The molecule has 0 aliphatic carbocycles. The molecule has 0 aromatic carbocycles. The average Bonchev–Trinajstić information content (AvgIpc) is 2.99. The van der Waals surface area contributed by atoms with E-state index in [0.29, 0.717) is 0 Å². The number of aromatic nitrogens is 2. The van der Waals surface area contributed by atoms with Crippen LogP contribution in [0, 0.1) is 6.92 Å². The van der Waals surface area contributed by atoms with Gasteiger partial charge in [0, 0.05) is 29.4 Å². The van der Waals surface area contributed by atoms with Crippen LogP contribution >= 0.6 is 23.7 Å². The molecule has 0 radical (unpaired) electrons. The first-order valence-corrected chi connectivity index (χ1v) is 6.35. The standard InChI is InChI=1S/C11H13N5S.ClH/c1-7-4-8(5-14-7)9-6-17-11(15-9)16-10-12-2-3-13-10;/h4-6,14H,2-3H2,1H3,(H2,12,13,15,16);1H. The maximum absolute atomic E-state index is 4.52. The van der Waals surface area contributed by atoms with Crippen LogP contribution in [0.2, 0.25) is 0 Å². The molecule has 0 fully saturated rings. The van der Waals surface area contributed by atoms with Crippen molar-refractivity contribution in [2.45, 2.75) is 6.92 Å². The highest BCUT2D eigenvalue weighted by atomic mass is 35.5. The summed E-state index contributed by atoms with van der Waals surface area (Å²) in [6.45, 7) is 3.77. The Kier molecular flexibility index (Phi) is 3.88. The van der Waals surface area contributed by atoms with Crippen molar-refractivity contribution in [2.75, 3.05) is 18.4 Å². The second kappa shape index (κ2) is 5.41. The summed E-state index contributed by atoms with van der Waals surface area (Å²) in [6.07, 6.45) is 1.97. The molecule has 0 saturated carbocycles. The van der Waals surface area contributed by atoms with Crippen LogP contribution in [-0.4, -0.2) is 29.0 Å². The van der Waals surface area contributed by atoms with Gasteiger partial charge in [-0.1, -0.05) is 0 Å². The van der Waals surface area contributed by atoms with Gasteiger partial charge in [-0.05, 0) is 13.0 Å². The van der Waals surface area contributed by atoms with E-state index in [4.69, 9.17) is 0 Å². The summed E-state index contributed by atoms with van der Waals surface area (Å²) < 4.78 is 0. The normalized spacial score (nSPS) is 13.7. The molecule has 0 saturated heterocycles. The zero-order valence-corrected chi connectivity index (χ0v) is 11.5. The van der Waals surface area contributed by atoms with Crippen molar-refractivity contribution in [1.29, 1.82) is 0 Å². The molecular formula is C11H14ClN5S. The predicted molar refractivity (Wildman–Crippen MR) is 77.8 cm³/mol. The lowest BCUT2D eigenvalue weighted by Gasteiger charge is -2.00. The largest absolute Gasteiger partial charge is 0.365 e. The van der Waals surface area contributed by atoms with Crippen molar-refractivity contribution in [3.05, 3.63) is 23.3 Å². The van der Waals surface area contributed by atoms with Crippen molar-refractivity contribution in [3.63, 3.8) is 0 Å². The molecule has 3 N–H and O–H groups in total. The molecule has 7 heteroatoms. The number of hydrogen-bond acceptors (Lipinski definition) is 5. The lowest BCUT2D eigenvalue weighted by molar-refractivity contribution is 0.959. The summed E-state index contributed by atoms with van der Waals surface area (Å²) >= 11 is 1.58. The second-order valence-electron chi connectivity index (χ2n) is 3.89. The Labute approximate surface area is 115 Å². The van der Waals surface area contributed by atoms with E-state index >= 15 is 0 Å². The molecule has 0 amide bonds. The Morgan fingerprint density at radius 3 is 3.00 bits per heavy atom. The van der Waals surface area contributed by atoms with Crippen LogP contribution in [0.1, 0.15) is 5.69 Å². The number of aryl methyl sites for hydroxylation is 1. The molecule has 0 unspecified atom stereocenters. The monoisotopic (exact) mass is 283 g/mol. The molecule has 3 rings (SSSR count). The van der Waals surface area contributed by atoms with E-state index < -0.39 is 0 Å². The fraction of sp³-hybridized carbons (Fsp3) is 0.273. The average molecular weight is 284 g/mol. The van der Waals surface area contributed by atoms with Gasteiger partial charge in [0.05, 0.1) is 12.2 Å². The van der Waals surface area contributed by atoms with Gasteiger partial charge < -0.3 is 15.6 Å². The van der Waals surface area contributed by atoms with Crippen LogP contribution < -0.4 is 10.6 Å². The highest BCUT2D eigenvalue weighted by molar-refractivity contribution is 7.14. The summed E-state index contributed by atoms with van der Waals surface area (Å²) in [5.41, 5.74) is 3.25. The fourth-order valence-corrected chi connectivity index (χ4v) is 2.42. The number of guanidine groups is 1. The Morgan fingerprint density at radius 1 is 1.44 bits per heavy atom. The summed E-state index contributed by atoms with van der Waals surface area (Å²) in [4.78, 5) is 12.0. The van der Waals surface area contributed by atoms with E-state index in [1.54, 1.807) is 11.3 Å². The first-order valence-electron chi connectivity index (χ1n) is 5.47. The number of anilines is 1. The summed E-state index contributed by atoms with van der Waals surface area (Å²) in [5.74, 6) is 0.816. The van der Waals surface area contributed by atoms with E-state index in [1.165, 1.54) is 0 Å². The molecule has 1 aliphatic heterocycles.